The maximum absolute atomic E-state index is 3.48. The summed E-state index contributed by atoms with van der Waals surface area (Å²) in [6, 6.07) is 7.67. The summed E-state index contributed by atoms with van der Waals surface area (Å²) >= 11 is 0. The molecule has 2 aliphatic rings. The molecule has 0 bridgehead atoms. The van der Waals surface area contributed by atoms with E-state index in [0.29, 0.717) is 5.92 Å². The van der Waals surface area contributed by atoms with Crippen molar-refractivity contribution in [1.29, 1.82) is 0 Å². The second-order valence-corrected chi connectivity index (χ2v) is 7.39. The maximum Gasteiger partial charge on any atom is 0.0460 e. The van der Waals surface area contributed by atoms with Crippen LogP contribution in [0.15, 0.2) is 30.0 Å². The van der Waals surface area contributed by atoms with Crippen LogP contribution in [0.5, 0.6) is 0 Å². The molecule has 4 rings (SSSR count). The van der Waals surface area contributed by atoms with Crippen molar-refractivity contribution in [3.05, 3.63) is 41.1 Å². The molecule has 0 unspecified atom stereocenters. The Labute approximate surface area is 133 Å². The summed E-state index contributed by atoms with van der Waals surface area (Å²) in [5.74, 6) is 0.582. The third-order valence-corrected chi connectivity index (χ3v) is 5.59. The van der Waals surface area contributed by atoms with Gasteiger partial charge in [0.05, 0.1) is 0 Å². The molecule has 0 saturated carbocycles. The first-order valence-corrected chi connectivity index (χ1v) is 8.67. The molecule has 1 aromatic heterocycles. The van der Waals surface area contributed by atoms with Crippen molar-refractivity contribution in [2.24, 2.45) is 0 Å². The van der Waals surface area contributed by atoms with Gasteiger partial charge in [-0.25, -0.2) is 0 Å². The second kappa shape index (κ2) is 5.27. The van der Waals surface area contributed by atoms with Gasteiger partial charge in [0.25, 0.3) is 0 Å². The van der Waals surface area contributed by atoms with Gasteiger partial charge in [0, 0.05) is 35.2 Å². The van der Waals surface area contributed by atoms with Gasteiger partial charge in [-0.3, -0.25) is 4.90 Å². The summed E-state index contributed by atoms with van der Waals surface area (Å²) in [5, 5.41) is 1.41. The molecular weight excluding hydrogens is 268 g/mol. The molecule has 0 aliphatic carbocycles. The predicted octanol–water partition coefficient (Wildman–Crippen LogP) is 4.93. The molecule has 0 radical (unpaired) electrons. The fraction of sp³-hybridized carbons (Fsp3) is 0.500. The Morgan fingerprint density at radius 3 is 2.95 bits per heavy atom. The Morgan fingerprint density at radius 1 is 1.27 bits per heavy atom. The number of nitrogens with one attached hydrogen (secondary N) is 1. The topological polar surface area (TPSA) is 19.0 Å². The Kier molecular flexibility index (Phi) is 3.37. The highest BCUT2D eigenvalue weighted by Gasteiger charge is 2.31. The van der Waals surface area contributed by atoms with Crippen LogP contribution in [0.4, 0.5) is 0 Å². The molecule has 1 fully saturated rings. The van der Waals surface area contributed by atoms with Crippen LogP contribution >= 0.6 is 0 Å². The van der Waals surface area contributed by atoms with E-state index in [1.165, 1.54) is 47.8 Å². The van der Waals surface area contributed by atoms with Crippen molar-refractivity contribution in [2.75, 3.05) is 13.1 Å². The van der Waals surface area contributed by atoms with E-state index in [9.17, 15) is 0 Å². The largest absolute Gasteiger partial charge is 0.361 e. The van der Waals surface area contributed by atoms with Crippen molar-refractivity contribution >= 4 is 16.5 Å². The van der Waals surface area contributed by atoms with E-state index < -0.39 is 0 Å². The number of rotatable bonds is 2. The Bertz CT molecular complexity index is 735. The van der Waals surface area contributed by atoms with Crippen LogP contribution in [-0.4, -0.2) is 29.0 Å². The minimum Gasteiger partial charge on any atom is -0.361 e. The maximum atomic E-state index is 3.48. The molecule has 2 nitrogen and oxygen atoms in total. The van der Waals surface area contributed by atoms with Crippen LogP contribution in [0.1, 0.15) is 57.1 Å². The van der Waals surface area contributed by atoms with E-state index in [1.54, 1.807) is 11.1 Å². The molecule has 2 heteroatoms. The lowest BCUT2D eigenvalue weighted by Gasteiger charge is -2.32. The van der Waals surface area contributed by atoms with E-state index in [0.717, 1.165) is 12.6 Å². The first kappa shape index (κ1) is 14.1. The van der Waals surface area contributed by atoms with Gasteiger partial charge in [0.1, 0.15) is 0 Å². The molecule has 2 aliphatic heterocycles. The summed E-state index contributed by atoms with van der Waals surface area (Å²) in [5.41, 5.74) is 7.31. The molecule has 22 heavy (non-hydrogen) atoms. The smallest absolute Gasteiger partial charge is 0.0460 e. The molecule has 1 aromatic carbocycles. The lowest BCUT2D eigenvalue weighted by atomic mass is 9.89. The third-order valence-electron chi connectivity index (χ3n) is 5.59. The monoisotopic (exact) mass is 294 g/mol. The standard InChI is InChI=1S/C20H26N2/c1-13(2)15-6-7-20-18(9-15)19(11-21-20)17-10-16-5-4-8-22(16)12-14(17)3/h6-7,9,11,13,16,21H,4-5,8,10,12H2,1-3H3/t16-/m0/s1. The van der Waals surface area contributed by atoms with Crippen molar-refractivity contribution in [1.82, 2.24) is 9.88 Å². The van der Waals surface area contributed by atoms with Gasteiger partial charge in [0.15, 0.2) is 0 Å². The quantitative estimate of drug-likeness (QED) is 0.832. The average molecular weight is 294 g/mol. The molecule has 3 heterocycles. The van der Waals surface area contributed by atoms with Crippen molar-refractivity contribution in [2.45, 2.75) is 52.0 Å². The minimum atomic E-state index is 0.582. The average Bonchev–Trinajstić information content (AvgIpc) is 3.11. The predicted molar refractivity (Wildman–Crippen MR) is 94.2 cm³/mol. The van der Waals surface area contributed by atoms with Crippen LogP contribution in [0, 0.1) is 0 Å². The Morgan fingerprint density at radius 2 is 2.14 bits per heavy atom. The zero-order chi connectivity index (χ0) is 15.3. The summed E-state index contributed by atoms with van der Waals surface area (Å²) in [6.45, 7) is 9.33. The van der Waals surface area contributed by atoms with E-state index in [1.807, 2.05) is 0 Å². The highest BCUT2D eigenvalue weighted by atomic mass is 15.2. The van der Waals surface area contributed by atoms with Gasteiger partial charge in [0.2, 0.25) is 0 Å². The summed E-state index contributed by atoms with van der Waals surface area (Å²) < 4.78 is 0. The van der Waals surface area contributed by atoms with Crippen molar-refractivity contribution in [3.63, 3.8) is 0 Å². The zero-order valence-electron chi connectivity index (χ0n) is 13.9. The number of nitrogens with zero attached hydrogens (tertiary/aromatic N) is 1. The van der Waals surface area contributed by atoms with Crippen LogP contribution in [0.2, 0.25) is 0 Å². The fourth-order valence-corrected chi connectivity index (χ4v) is 4.23. The van der Waals surface area contributed by atoms with E-state index in [4.69, 9.17) is 0 Å². The van der Waals surface area contributed by atoms with E-state index in [2.05, 4.69) is 55.1 Å². The first-order valence-electron chi connectivity index (χ1n) is 8.67. The summed E-state index contributed by atoms with van der Waals surface area (Å²) in [7, 11) is 0. The molecule has 2 aromatic rings. The molecule has 1 atom stereocenters. The molecule has 0 spiro atoms. The first-order chi connectivity index (χ1) is 10.6. The number of aromatic nitrogens is 1. The minimum absolute atomic E-state index is 0.582. The molecule has 0 amide bonds. The fourth-order valence-electron chi connectivity index (χ4n) is 4.23. The third kappa shape index (κ3) is 2.21. The summed E-state index contributed by atoms with van der Waals surface area (Å²) in [4.78, 5) is 6.16. The Balaban J connectivity index is 1.80. The number of benzene rings is 1. The van der Waals surface area contributed by atoms with Gasteiger partial charge in [-0.05, 0) is 61.9 Å². The van der Waals surface area contributed by atoms with Gasteiger partial charge >= 0.3 is 0 Å². The van der Waals surface area contributed by atoms with Crippen LogP contribution in [0.25, 0.3) is 16.5 Å². The van der Waals surface area contributed by atoms with Gasteiger partial charge < -0.3 is 4.98 Å². The van der Waals surface area contributed by atoms with E-state index >= 15 is 0 Å². The number of H-pyrrole nitrogens is 1. The highest BCUT2D eigenvalue weighted by molar-refractivity contribution is 5.94. The van der Waals surface area contributed by atoms with Gasteiger partial charge in [-0.1, -0.05) is 25.5 Å². The molecule has 1 saturated heterocycles. The normalized spacial score (nSPS) is 22.8. The highest BCUT2D eigenvalue weighted by Crippen LogP contribution is 2.38. The number of aromatic amines is 1. The number of fused-ring (bicyclic) bond motifs is 2. The van der Waals surface area contributed by atoms with Gasteiger partial charge in [-0.2, -0.15) is 0 Å². The van der Waals surface area contributed by atoms with Crippen LogP contribution in [-0.2, 0) is 0 Å². The van der Waals surface area contributed by atoms with Gasteiger partial charge in [-0.15, -0.1) is 0 Å². The molecular formula is C20H26N2. The van der Waals surface area contributed by atoms with Crippen molar-refractivity contribution in [3.8, 4) is 0 Å². The van der Waals surface area contributed by atoms with E-state index in [-0.39, 0.29) is 0 Å². The SMILES string of the molecule is CC1=C(c2c[nH]c3ccc(C(C)C)cc23)C[C@@H]2CCCN2C1. The van der Waals surface area contributed by atoms with Crippen molar-refractivity contribution < 1.29 is 0 Å². The lowest BCUT2D eigenvalue weighted by molar-refractivity contribution is 0.267. The van der Waals surface area contributed by atoms with Crippen LogP contribution < -0.4 is 0 Å². The summed E-state index contributed by atoms with van der Waals surface area (Å²) in [6.07, 6.45) is 6.20. The molecule has 1 N–H and O–H groups in total. The Hall–Kier alpha value is -1.54. The lowest BCUT2D eigenvalue weighted by Crippen LogP contribution is -2.34. The second-order valence-electron chi connectivity index (χ2n) is 7.39. The zero-order valence-corrected chi connectivity index (χ0v) is 13.9. The van der Waals surface area contributed by atoms with Crippen LogP contribution in [0.3, 0.4) is 0 Å². The molecule has 116 valence electrons. The number of hydrogen-bond donors (Lipinski definition) is 1. The number of hydrogen-bond acceptors (Lipinski definition) is 1.